The van der Waals surface area contributed by atoms with Gasteiger partial charge in [-0.2, -0.15) is 0 Å². The number of rotatable bonds is 7. The van der Waals surface area contributed by atoms with Crippen molar-refractivity contribution in [1.29, 1.82) is 0 Å². The Morgan fingerprint density at radius 2 is 2.19 bits per heavy atom. The fourth-order valence-electron chi connectivity index (χ4n) is 1.94. The summed E-state index contributed by atoms with van der Waals surface area (Å²) in [5.41, 5.74) is -0.471. The van der Waals surface area contributed by atoms with Crippen LogP contribution in [0.4, 0.5) is 5.69 Å². The minimum atomic E-state index is -0.974. The molecule has 0 N–H and O–H groups in total. The summed E-state index contributed by atoms with van der Waals surface area (Å²) in [6.07, 6.45) is 1.70. The molecule has 1 aromatic rings. The van der Waals surface area contributed by atoms with Crippen molar-refractivity contribution >= 4 is 11.7 Å². The SMILES string of the molecule is C=CC(C)(Cc1cc([N+](=O)[O-])ccc1OC)C(=O)OCC. The molecular formula is C15H19NO5. The Balaban J connectivity index is 3.19. The zero-order valence-corrected chi connectivity index (χ0v) is 12.4. The van der Waals surface area contributed by atoms with Crippen molar-refractivity contribution in [2.24, 2.45) is 5.41 Å². The van der Waals surface area contributed by atoms with Crippen molar-refractivity contribution in [2.45, 2.75) is 20.3 Å². The first-order chi connectivity index (χ1) is 9.87. The molecule has 0 radical (unpaired) electrons. The van der Waals surface area contributed by atoms with Crippen LogP contribution in [0.1, 0.15) is 19.4 Å². The minimum Gasteiger partial charge on any atom is -0.496 e. The van der Waals surface area contributed by atoms with Crippen LogP contribution in [0.2, 0.25) is 0 Å². The molecule has 0 fully saturated rings. The Morgan fingerprint density at radius 1 is 1.52 bits per heavy atom. The molecule has 0 saturated carbocycles. The topological polar surface area (TPSA) is 78.7 Å². The van der Waals surface area contributed by atoms with Gasteiger partial charge in [0.2, 0.25) is 0 Å². The van der Waals surface area contributed by atoms with E-state index >= 15 is 0 Å². The predicted octanol–water partition coefficient (Wildman–Crippen LogP) is 2.90. The molecule has 0 aliphatic carbocycles. The first-order valence-electron chi connectivity index (χ1n) is 6.50. The third-order valence-corrected chi connectivity index (χ3v) is 3.22. The summed E-state index contributed by atoms with van der Waals surface area (Å²) < 4.78 is 10.2. The highest BCUT2D eigenvalue weighted by Gasteiger charge is 2.33. The number of carbonyl (C=O) groups is 1. The summed E-state index contributed by atoms with van der Waals surface area (Å²) in [7, 11) is 1.47. The van der Waals surface area contributed by atoms with Crippen LogP contribution in [0.15, 0.2) is 30.9 Å². The van der Waals surface area contributed by atoms with E-state index in [1.165, 1.54) is 31.4 Å². The molecule has 1 atom stereocenters. The van der Waals surface area contributed by atoms with Crippen molar-refractivity contribution < 1.29 is 19.2 Å². The summed E-state index contributed by atoms with van der Waals surface area (Å²) in [6.45, 7) is 7.32. The molecule has 114 valence electrons. The van der Waals surface area contributed by atoms with Gasteiger partial charge in [0.15, 0.2) is 0 Å². The van der Waals surface area contributed by atoms with E-state index in [0.29, 0.717) is 11.3 Å². The molecule has 0 spiro atoms. The fourth-order valence-corrected chi connectivity index (χ4v) is 1.94. The van der Waals surface area contributed by atoms with Crippen molar-refractivity contribution in [3.05, 3.63) is 46.5 Å². The number of carbonyl (C=O) groups excluding carboxylic acids is 1. The lowest BCUT2D eigenvalue weighted by Gasteiger charge is -2.24. The first kappa shape index (κ1) is 16.7. The van der Waals surface area contributed by atoms with Gasteiger partial charge in [-0.05, 0) is 26.3 Å². The van der Waals surface area contributed by atoms with Crippen LogP contribution in [0.5, 0.6) is 5.75 Å². The first-order valence-corrected chi connectivity index (χ1v) is 6.50. The predicted molar refractivity (Wildman–Crippen MR) is 78.3 cm³/mol. The summed E-state index contributed by atoms with van der Waals surface area (Å²) >= 11 is 0. The van der Waals surface area contributed by atoms with Gasteiger partial charge in [0.25, 0.3) is 5.69 Å². The van der Waals surface area contributed by atoms with E-state index in [1.54, 1.807) is 13.8 Å². The molecule has 0 aliphatic rings. The molecule has 1 rings (SSSR count). The van der Waals surface area contributed by atoms with Crippen molar-refractivity contribution in [2.75, 3.05) is 13.7 Å². The van der Waals surface area contributed by atoms with E-state index in [9.17, 15) is 14.9 Å². The Morgan fingerprint density at radius 3 is 2.67 bits per heavy atom. The van der Waals surface area contributed by atoms with E-state index < -0.39 is 16.3 Å². The van der Waals surface area contributed by atoms with Gasteiger partial charge in [-0.1, -0.05) is 6.08 Å². The van der Waals surface area contributed by atoms with Crippen molar-refractivity contribution in [3.63, 3.8) is 0 Å². The maximum atomic E-state index is 12.1. The maximum Gasteiger partial charge on any atom is 0.315 e. The maximum absolute atomic E-state index is 12.1. The number of non-ortho nitro benzene ring substituents is 1. The van der Waals surface area contributed by atoms with Crippen LogP contribution < -0.4 is 4.74 Å². The van der Waals surface area contributed by atoms with Crippen LogP contribution in [-0.4, -0.2) is 24.6 Å². The largest absolute Gasteiger partial charge is 0.496 e. The molecule has 21 heavy (non-hydrogen) atoms. The third-order valence-electron chi connectivity index (χ3n) is 3.22. The van der Waals surface area contributed by atoms with Crippen LogP contribution >= 0.6 is 0 Å². The quantitative estimate of drug-likeness (QED) is 0.334. The number of nitrogens with zero attached hydrogens (tertiary/aromatic N) is 1. The van der Waals surface area contributed by atoms with Crippen LogP contribution in [0.3, 0.4) is 0 Å². The summed E-state index contributed by atoms with van der Waals surface area (Å²) in [5.74, 6) is 0.0616. The van der Waals surface area contributed by atoms with Gasteiger partial charge >= 0.3 is 5.97 Å². The molecule has 1 unspecified atom stereocenters. The summed E-state index contributed by atoms with van der Waals surface area (Å²) in [6, 6.07) is 4.28. The van der Waals surface area contributed by atoms with E-state index in [2.05, 4.69) is 6.58 Å². The smallest absolute Gasteiger partial charge is 0.315 e. The van der Waals surface area contributed by atoms with E-state index in [1.807, 2.05) is 0 Å². The van der Waals surface area contributed by atoms with E-state index in [4.69, 9.17) is 9.47 Å². The molecule has 6 heteroatoms. The summed E-state index contributed by atoms with van der Waals surface area (Å²) in [5, 5.41) is 10.9. The lowest BCUT2D eigenvalue weighted by Crippen LogP contribution is -2.30. The monoisotopic (exact) mass is 293 g/mol. The molecule has 0 aliphatic heterocycles. The van der Waals surface area contributed by atoms with Crippen molar-refractivity contribution in [1.82, 2.24) is 0 Å². The van der Waals surface area contributed by atoms with Crippen molar-refractivity contribution in [3.8, 4) is 5.75 Å². The van der Waals surface area contributed by atoms with Crippen LogP contribution in [-0.2, 0) is 16.0 Å². The average Bonchev–Trinajstić information content (AvgIpc) is 2.47. The lowest BCUT2D eigenvalue weighted by molar-refractivity contribution is -0.384. The molecule has 0 heterocycles. The Bertz CT molecular complexity index is 555. The molecule has 1 aromatic carbocycles. The van der Waals surface area contributed by atoms with Gasteiger partial charge in [0.05, 0.1) is 24.1 Å². The van der Waals surface area contributed by atoms with Gasteiger partial charge in [-0.3, -0.25) is 14.9 Å². The number of benzene rings is 1. The van der Waals surface area contributed by atoms with Gasteiger partial charge < -0.3 is 9.47 Å². The van der Waals surface area contributed by atoms with E-state index in [0.717, 1.165) is 0 Å². The molecular weight excluding hydrogens is 274 g/mol. The number of ether oxygens (including phenoxy) is 2. The average molecular weight is 293 g/mol. The standard InChI is InChI=1S/C15H19NO5/c1-5-15(3,14(17)21-6-2)10-11-9-12(16(18)19)7-8-13(11)20-4/h5,7-9H,1,6,10H2,2-4H3. The second-order valence-corrected chi connectivity index (χ2v) is 4.77. The number of hydrogen-bond acceptors (Lipinski definition) is 5. The molecule has 6 nitrogen and oxygen atoms in total. The zero-order valence-electron chi connectivity index (χ0n) is 12.4. The lowest BCUT2D eigenvalue weighted by atomic mass is 9.83. The highest BCUT2D eigenvalue weighted by Crippen LogP contribution is 2.32. The van der Waals surface area contributed by atoms with Crippen LogP contribution in [0, 0.1) is 15.5 Å². The summed E-state index contributed by atoms with van der Waals surface area (Å²) in [4.78, 5) is 22.4. The molecule has 0 aromatic heterocycles. The van der Waals surface area contributed by atoms with Gasteiger partial charge in [0.1, 0.15) is 5.75 Å². The number of esters is 1. The Kier molecular flexibility index (Phi) is 5.46. The number of nitro groups is 1. The molecule has 0 saturated heterocycles. The highest BCUT2D eigenvalue weighted by molar-refractivity contribution is 5.79. The number of hydrogen-bond donors (Lipinski definition) is 0. The zero-order chi connectivity index (χ0) is 16.0. The number of nitro benzene ring substituents is 1. The van der Waals surface area contributed by atoms with E-state index in [-0.39, 0.29) is 18.7 Å². The van der Waals surface area contributed by atoms with Gasteiger partial charge in [-0.25, -0.2) is 0 Å². The normalized spacial score (nSPS) is 13.1. The Hall–Kier alpha value is -2.37. The third kappa shape index (κ3) is 3.81. The highest BCUT2D eigenvalue weighted by atomic mass is 16.6. The minimum absolute atomic E-state index is 0.0546. The number of methoxy groups -OCH3 is 1. The van der Waals surface area contributed by atoms with Gasteiger partial charge in [-0.15, -0.1) is 6.58 Å². The molecule has 0 bridgehead atoms. The Labute approximate surface area is 123 Å². The molecule has 0 amide bonds. The van der Waals surface area contributed by atoms with Crippen LogP contribution in [0.25, 0.3) is 0 Å². The second-order valence-electron chi connectivity index (χ2n) is 4.77. The fraction of sp³-hybridized carbons (Fsp3) is 0.400. The van der Waals surface area contributed by atoms with Gasteiger partial charge in [0, 0.05) is 17.7 Å². The second kappa shape index (κ2) is 6.88.